The number of likely N-dealkylation sites (N-methyl/N-ethyl adjacent to an activating group) is 1. The van der Waals surface area contributed by atoms with Gasteiger partial charge in [0, 0.05) is 29.7 Å². The van der Waals surface area contributed by atoms with Gasteiger partial charge < -0.3 is 10.2 Å². The SMILES string of the molecule is C=C(Nc1ccc2ccccc2c1)C(C1CCCCC1)N(C)c1ccccc1.CCc1ccccc1C=O. The van der Waals surface area contributed by atoms with E-state index in [1.807, 2.05) is 31.2 Å². The number of fused-ring (bicyclic) bond motifs is 1. The van der Waals surface area contributed by atoms with E-state index in [4.69, 9.17) is 0 Å². The Balaban J connectivity index is 0.000000283. The van der Waals surface area contributed by atoms with E-state index in [0.717, 1.165) is 35.2 Å². The minimum Gasteiger partial charge on any atom is -0.366 e. The van der Waals surface area contributed by atoms with Gasteiger partial charge in [-0.05, 0) is 65.8 Å². The van der Waals surface area contributed by atoms with Crippen molar-refractivity contribution in [2.24, 2.45) is 5.92 Å². The number of aryl methyl sites for hydroxylation is 1. The molecule has 0 amide bonds. The second kappa shape index (κ2) is 13.6. The minimum atomic E-state index is 0.286. The Kier molecular flexibility index (Phi) is 9.75. The Morgan fingerprint density at radius 2 is 1.55 bits per heavy atom. The van der Waals surface area contributed by atoms with Crippen molar-refractivity contribution >= 4 is 28.4 Å². The van der Waals surface area contributed by atoms with Crippen molar-refractivity contribution in [2.45, 2.75) is 51.5 Å². The van der Waals surface area contributed by atoms with Crippen LogP contribution in [0.4, 0.5) is 11.4 Å². The van der Waals surface area contributed by atoms with E-state index in [2.05, 4.69) is 96.6 Å². The summed E-state index contributed by atoms with van der Waals surface area (Å²) in [6, 6.07) is 33.7. The van der Waals surface area contributed by atoms with Crippen molar-refractivity contribution in [1.82, 2.24) is 0 Å². The molecule has 5 rings (SSSR count). The predicted octanol–water partition coefficient (Wildman–Crippen LogP) is 8.91. The average molecular weight is 505 g/mol. The molecular weight excluding hydrogens is 464 g/mol. The molecule has 38 heavy (non-hydrogen) atoms. The monoisotopic (exact) mass is 504 g/mol. The molecule has 1 N–H and O–H groups in total. The van der Waals surface area contributed by atoms with Crippen LogP contribution in [-0.2, 0) is 6.42 Å². The lowest BCUT2D eigenvalue weighted by Crippen LogP contribution is -2.42. The van der Waals surface area contributed by atoms with Gasteiger partial charge in [0.05, 0.1) is 6.04 Å². The van der Waals surface area contributed by atoms with Gasteiger partial charge in [0.25, 0.3) is 0 Å². The zero-order valence-electron chi connectivity index (χ0n) is 22.8. The lowest BCUT2D eigenvalue weighted by molar-refractivity contribution is 0.112. The van der Waals surface area contributed by atoms with Crippen LogP contribution in [0.25, 0.3) is 10.8 Å². The van der Waals surface area contributed by atoms with E-state index in [-0.39, 0.29) is 6.04 Å². The zero-order chi connectivity index (χ0) is 26.7. The summed E-state index contributed by atoms with van der Waals surface area (Å²) >= 11 is 0. The van der Waals surface area contributed by atoms with Crippen LogP contribution in [0, 0.1) is 5.92 Å². The molecule has 3 heteroatoms. The molecule has 1 saturated carbocycles. The van der Waals surface area contributed by atoms with Gasteiger partial charge in [-0.15, -0.1) is 0 Å². The number of carbonyl (C=O) groups excluding carboxylic acids is 1. The molecule has 4 aromatic carbocycles. The largest absolute Gasteiger partial charge is 0.366 e. The first-order valence-electron chi connectivity index (χ1n) is 13.9. The summed E-state index contributed by atoms with van der Waals surface area (Å²) in [5, 5.41) is 6.17. The predicted molar refractivity (Wildman–Crippen MR) is 163 cm³/mol. The van der Waals surface area contributed by atoms with Gasteiger partial charge in [-0.3, -0.25) is 4.79 Å². The van der Waals surface area contributed by atoms with E-state index in [1.165, 1.54) is 48.6 Å². The summed E-state index contributed by atoms with van der Waals surface area (Å²) in [6.45, 7) is 6.54. The number of nitrogens with zero attached hydrogens (tertiary/aromatic N) is 1. The topological polar surface area (TPSA) is 32.3 Å². The highest BCUT2D eigenvalue weighted by molar-refractivity contribution is 5.86. The molecule has 0 aliphatic heterocycles. The van der Waals surface area contributed by atoms with E-state index >= 15 is 0 Å². The second-order valence-corrected chi connectivity index (χ2v) is 10.2. The number of rotatable bonds is 8. The van der Waals surface area contributed by atoms with Gasteiger partial charge in [-0.2, -0.15) is 0 Å². The van der Waals surface area contributed by atoms with Crippen LogP contribution in [-0.4, -0.2) is 19.4 Å². The Hall–Kier alpha value is -3.85. The van der Waals surface area contributed by atoms with Crippen molar-refractivity contribution in [2.75, 3.05) is 17.3 Å². The Labute approximate surface area is 228 Å². The van der Waals surface area contributed by atoms with E-state index < -0.39 is 0 Å². The van der Waals surface area contributed by atoms with Crippen LogP contribution < -0.4 is 10.2 Å². The molecule has 0 radical (unpaired) electrons. The standard InChI is InChI=1S/C26H30N2.C9H10O/c1-20(27-24-18-17-21-11-9-10-14-23(21)19-24)26(22-12-5-3-6-13-22)28(2)25-15-7-4-8-16-25;1-2-8-5-3-4-6-9(8)7-10/h4,7-11,14-19,22,26-27H,1,3,5-6,12-13H2,2H3;3-7H,2H2,1H3. The van der Waals surface area contributed by atoms with Crippen LogP contribution in [0.1, 0.15) is 54.9 Å². The molecule has 0 heterocycles. The first-order chi connectivity index (χ1) is 18.6. The summed E-state index contributed by atoms with van der Waals surface area (Å²) in [4.78, 5) is 12.8. The number of carbonyl (C=O) groups is 1. The van der Waals surface area contributed by atoms with E-state index in [9.17, 15) is 4.79 Å². The molecular formula is C35H40N2O. The molecule has 1 atom stereocenters. The molecule has 196 valence electrons. The van der Waals surface area contributed by atoms with Gasteiger partial charge in [0.15, 0.2) is 0 Å². The normalized spacial score (nSPS) is 14.2. The van der Waals surface area contributed by atoms with Crippen LogP contribution in [0.15, 0.2) is 109 Å². The van der Waals surface area contributed by atoms with Crippen molar-refractivity contribution in [1.29, 1.82) is 0 Å². The average Bonchev–Trinajstić information content (AvgIpc) is 2.98. The van der Waals surface area contributed by atoms with Crippen LogP contribution in [0.5, 0.6) is 0 Å². The number of para-hydroxylation sites is 1. The number of aldehydes is 1. The minimum absolute atomic E-state index is 0.286. The third-order valence-electron chi connectivity index (χ3n) is 7.65. The summed E-state index contributed by atoms with van der Waals surface area (Å²) in [6.07, 6.45) is 8.40. The highest BCUT2D eigenvalue weighted by Crippen LogP contribution is 2.34. The summed E-state index contributed by atoms with van der Waals surface area (Å²) in [7, 11) is 2.21. The molecule has 0 saturated heterocycles. The fourth-order valence-electron chi connectivity index (χ4n) is 5.61. The molecule has 1 fully saturated rings. The fraction of sp³-hybridized carbons (Fsp3) is 0.286. The highest BCUT2D eigenvalue weighted by Gasteiger charge is 2.29. The third kappa shape index (κ3) is 6.92. The van der Waals surface area contributed by atoms with Crippen molar-refractivity contribution in [3.05, 3.63) is 120 Å². The molecule has 0 spiro atoms. The Bertz CT molecular complexity index is 1320. The van der Waals surface area contributed by atoms with E-state index in [0.29, 0.717) is 5.92 Å². The number of nitrogens with one attached hydrogen (secondary N) is 1. The molecule has 1 aliphatic carbocycles. The highest BCUT2D eigenvalue weighted by atomic mass is 16.1. The van der Waals surface area contributed by atoms with Crippen molar-refractivity contribution in [3.63, 3.8) is 0 Å². The van der Waals surface area contributed by atoms with Crippen molar-refractivity contribution < 1.29 is 4.79 Å². The lowest BCUT2D eigenvalue weighted by atomic mass is 9.82. The third-order valence-corrected chi connectivity index (χ3v) is 7.65. The van der Waals surface area contributed by atoms with Gasteiger partial charge in [-0.25, -0.2) is 0 Å². The van der Waals surface area contributed by atoms with Gasteiger partial charge in [0.1, 0.15) is 6.29 Å². The lowest BCUT2D eigenvalue weighted by Gasteiger charge is -2.39. The van der Waals surface area contributed by atoms with E-state index in [1.54, 1.807) is 0 Å². The Morgan fingerprint density at radius 3 is 2.24 bits per heavy atom. The molecule has 1 unspecified atom stereocenters. The second-order valence-electron chi connectivity index (χ2n) is 10.2. The Morgan fingerprint density at radius 1 is 0.895 bits per heavy atom. The number of anilines is 2. The van der Waals surface area contributed by atoms with Crippen molar-refractivity contribution in [3.8, 4) is 0 Å². The molecule has 0 aromatic heterocycles. The van der Waals surface area contributed by atoms with Crippen LogP contribution >= 0.6 is 0 Å². The summed E-state index contributed by atoms with van der Waals surface area (Å²) in [5.41, 5.74) is 5.39. The summed E-state index contributed by atoms with van der Waals surface area (Å²) in [5.74, 6) is 0.638. The maximum Gasteiger partial charge on any atom is 0.150 e. The number of hydrogen-bond acceptors (Lipinski definition) is 3. The number of hydrogen-bond donors (Lipinski definition) is 1. The molecule has 0 bridgehead atoms. The fourth-order valence-corrected chi connectivity index (χ4v) is 5.61. The first kappa shape index (κ1) is 27.2. The van der Waals surface area contributed by atoms with Gasteiger partial charge in [0.2, 0.25) is 0 Å². The molecule has 3 nitrogen and oxygen atoms in total. The van der Waals surface area contributed by atoms with Crippen LogP contribution in [0.3, 0.4) is 0 Å². The smallest absolute Gasteiger partial charge is 0.150 e. The molecule has 1 aliphatic rings. The van der Waals surface area contributed by atoms with Gasteiger partial charge >= 0.3 is 0 Å². The number of benzene rings is 4. The molecule has 4 aromatic rings. The van der Waals surface area contributed by atoms with Gasteiger partial charge in [-0.1, -0.05) is 106 Å². The quantitative estimate of drug-likeness (QED) is 0.243. The zero-order valence-corrected chi connectivity index (χ0v) is 22.8. The maximum atomic E-state index is 10.4. The summed E-state index contributed by atoms with van der Waals surface area (Å²) < 4.78 is 0. The van der Waals surface area contributed by atoms with Crippen LogP contribution in [0.2, 0.25) is 0 Å². The maximum absolute atomic E-state index is 10.4. The first-order valence-corrected chi connectivity index (χ1v) is 13.9.